The third-order valence-electron chi connectivity index (χ3n) is 4.75. The van der Waals surface area contributed by atoms with Gasteiger partial charge in [0.15, 0.2) is 0 Å². The first kappa shape index (κ1) is 16.8. The van der Waals surface area contributed by atoms with Crippen molar-refractivity contribution in [2.45, 2.75) is 6.92 Å². The number of aromatic nitrogens is 5. The lowest BCUT2D eigenvalue weighted by atomic mass is 10.1. The van der Waals surface area contributed by atoms with Gasteiger partial charge in [-0.05, 0) is 36.8 Å². The largest absolute Gasteiger partial charge is 0.266 e. The molecule has 28 heavy (non-hydrogen) atoms. The molecule has 0 saturated carbocycles. The number of benzene rings is 1. The van der Waals surface area contributed by atoms with E-state index in [2.05, 4.69) is 56.7 Å². The normalized spacial score (nSPS) is 11.2. The molecule has 0 atom stereocenters. The molecule has 0 amide bonds. The molecule has 0 spiro atoms. The van der Waals surface area contributed by atoms with Crippen molar-refractivity contribution >= 4 is 22.1 Å². The van der Waals surface area contributed by atoms with Crippen LogP contribution in [0.25, 0.3) is 43.3 Å². The van der Waals surface area contributed by atoms with E-state index in [1.165, 1.54) is 0 Å². The monoisotopic (exact) mass is 383 g/mol. The summed E-state index contributed by atoms with van der Waals surface area (Å²) in [5.74, 6) is 0. The third kappa shape index (κ3) is 2.78. The van der Waals surface area contributed by atoms with Crippen molar-refractivity contribution in [3.05, 3.63) is 72.6 Å². The average molecular weight is 383 g/mol. The number of pyridine rings is 1. The fraction of sp³-hybridized carbons (Fsp3) is 0.0909. The van der Waals surface area contributed by atoms with Crippen molar-refractivity contribution in [2.75, 3.05) is 0 Å². The maximum absolute atomic E-state index is 4.59. The van der Waals surface area contributed by atoms with E-state index in [1.807, 2.05) is 43.0 Å². The molecule has 0 bridgehead atoms. The zero-order valence-corrected chi connectivity index (χ0v) is 16.3. The van der Waals surface area contributed by atoms with Crippen LogP contribution in [0.3, 0.4) is 0 Å². The lowest BCUT2D eigenvalue weighted by Gasteiger charge is -2.08. The molecule has 0 aliphatic rings. The van der Waals surface area contributed by atoms with Gasteiger partial charge in [0.25, 0.3) is 0 Å². The summed E-state index contributed by atoms with van der Waals surface area (Å²) in [5.41, 5.74) is 4.82. The molecule has 0 fully saturated rings. The number of fused-ring (bicyclic) bond motifs is 1. The molecule has 0 aliphatic heterocycles. The minimum absolute atomic E-state index is 0.844. The Labute approximate surface area is 166 Å². The van der Waals surface area contributed by atoms with Crippen molar-refractivity contribution in [2.24, 2.45) is 7.05 Å². The van der Waals surface area contributed by atoms with Gasteiger partial charge < -0.3 is 0 Å². The van der Waals surface area contributed by atoms with Crippen LogP contribution < -0.4 is 0 Å². The van der Waals surface area contributed by atoms with Crippen molar-refractivity contribution in [3.8, 4) is 32.5 Å². The molecule has 5 nitrogen and oxygen atoms in total. The SMILES string of the molecule is Cc1ccc(-c2ccc(-c3nnc(-c4ccnn4C)c4ccccc34)s2)nc1. The average Bonchev–Trinajstić information content (AvgIpc) is 3.37. The quantitative estimate of drug-likeness (QED) is 0.433. The van der Waals surface area contributed by atoms with E-state index in [1.54, 1.807) is 17.5 Å². The molecule has 1 aromatic carbocycles. The van der Waals surface area contributed by atoms with Crippen molar-refractivity contribution in [1.82, 2.24) is 25.0 Å². The second-order valence-corrected chi connectivity index (χ2v) is 7.75. The number of thiophene rings is 1. The first-order valence-corrected chi connectivity index (χ1v) is 9.79. The van der Waals surface area contributed by atoms with Crippen LogP contribution >= 0.6 is 11.3 Å². The molecule has 5 aromatic rings. The van der Waals surface area contributed by atoms with E-state index in [-0.39, 0.29) is 0 Å². The van der Waals surface area contributed by atoms with Crippen LogP contribution in [-0.4, -0.2) is 25.0 Å². The Balaban J connectivity index is 1.65. The molecule has 6 heteroatoms. The van der Waals surface area contributed by atoms with Crippen LogP contribution in [0.5, 0.6) is 0 Å². The number of rotatable bonds is 3. The summed E-state index contributed by atoms with van der Waals surface area (Å²) in [6.45, 7) is 2.04. The van der Waals surface area contributed by atoms with Gasteiger partial charge in [0.2, 0.25) is 0 Å². The molecule has 0 N–H and O–H groups in total. The topological polar surface area (TPSA) is 56.5 Å². The van der Waals surface area contributed by atoms with Crippen LogP contribution in [-0.2, 0) is 7.05 Å². The van der Waals surface area contributed by atoms with Crippen LogP contribution in [0.1, 0.15) is 5.56 Å². The first-order chi connectivity index (χ1) is 13.7. The Bertz CT molecular complexity index is 1280. The summed E-state index contributed by atoms with van der Waals surface area (Å²) in [5, 5.41) is 15.6. The van der Waals surface area contributed by atoms with E-state index < -0.39 is 0 Å². The summed E-state index contributed by atoms with van der Waals surface area (Å²) in [4.78, 5) is 6.74. The number of hydrogen-bond donors (Lipinski definition) is 0. The molecular formula is C22H17N5S. The second-order valence-electron chi connectivity index (χ2n) is 6.67. The summed E-state index contributed by atoms with van der Waals surface area (Å²) in [7, 11) is 1.92. The first-order valence-electron chi connectivity index (χ1n) is 8.98. The number of aryl methyl sites for hydroxylation is 2. The lowest BCUT2D eigenvalue weighted by molar-refractivity contribution is 0.772. The summed E-state index contributed by atoms with van der Waals surface area (Å²) >= 11 is 1.68. The van der Waals surface area contributed by atoms with Gasteiger partial charge in [-0.25, -0.2) is 0 Å². The van der Waals surface area contributed by atoms with Crippen LogP contribution in [0.2, 0.25) is 0 Å². The lowest BCUT2D eigenvalue weighted by Crippen LogP contribution is -1.99. The van der Waals surface area contributed by atoms with Crippen LogP contribution in [0, 0.1) is 6.92 Å². The number of hydrogen-bond acceptors (Lipinski definition) is 5. The summed E-state index contributed by atoms with van der Waals surface area (Å²) < 4.78 is 1.82. The van der Waals surface area contributed by atoms with Crippen molar-refractivity contribution in [1.29, 1.82) is 0 Å². The van der Waals surface area contributed by atoms with Gasteiger partial charge >= 0.3 is 0 Å². The molecule has 4 aromatic heterocycles. The highest BCUT2D eigenvalue weighted by Crippen LogP contribution is 2.37. The van der Waals surface area contributed by atoms with Gasteiger partial charge in [-0.2, -0.15) is 5.10 Å². The molecule has 0 unspecified atom stereocenters. The van der Waals surface area contributed by atoms with E-state index in [9.17, 15) is 0 Å². The zero-order valence-electron chi connectivity index (χ0n) is 15.5. The van der Waals surface area contributed by atoms with E-state index >= 15 is 0 Å². The Morgan fingerprint density at radius 1 is 0.821 bits per heavy atom. The van der Waals surface area contributed by atoms with Gasteiger partial charge in [0.1, 0.15) is 11.4 Å². The predicted molar refractivity (Wildman–Crippen MR) is 113 cm³/mol. The van der Waals surface area contributed by atoms with E-state index in [0.29, 0.717) is 0 Å². The highest BCUT2D eigenvalue weighted by atomic mass is 32.1. The van der Waals surface area contributed by atoms with Crippen LogP contribution in [0.15, 0.2) is 67.0 Å². The molecule has 0 radical (unpaired) electrons. The van der Waals surface area contributed by atoms with Crippen LogP contribution in [0.4, 0.5) is 0 Å². The van der Waals surface area contributed by atoms with Gasteiger partial charge in [-0.1, -0.05) is 30.3 Å². The molecule has 136 valence electrons. The van der Waals surface area contributed by atoms with E-state index in [4.69, 9.17) is 0 Å². The zero-order chi connectivity index (χ0) is 19.1. The minimum Gasteiger partial charge on any atom is -0.266 e. The summed E-state index contributed by atoms with van der Waals surface area (Å²) in [6.07, 6.45) is 3.67. The standard InChI is InChI=1S/C22H17N5S/c1-14-7-8-17(23-13-14)19-9-10-20(28-19)22-16-6-4-3-5-15(16)21(25-26-22)18-11-12-24-27(18)2/h3-13H,1-2H3. The highest BCUT2D eigenvalue weighted by molar-refractivity contribution is 7.18. The predicted octanol–water partition coefficient (Wildman–Crippen LogP) is 5.13. The molecule has 5 rings (SSSR count). The van der Waals surface area contributed by atoms with Crippen molar-refractivity contribution < 1.29 is 0 Å². The summed E-state index contributed by atoms with van der Waals surface area (Å²) in [6, 6.07) is 18.6. The highest BCUT2D eigenvalue weighted by Gasteiger charge is 2.16. The Morgan fingerprint density at radius 3 is 2.29 bits per heavy atom. The minimum atomic E-state index is 0.844. The van der Waals surface area contributed by atoms with Crippen molar-refractivity contribution in [3.63, 3.8) is 0 Å². The van der Waals surface area contributed by atoms with Gasteiger partial charge in [-0.15, -0.1) is 21.5 Å². The van der Waals surface area contributed by atoms with Gasteiger partial charge in [0, 0.05) is 30.2 Å². The molecule has 4 heterocycles. The Morgan fingerprint density at radius 2 is 1.57 bits per heavy atom. The van der Waals surface area contributed by atoms with Gasteiger partial charge in [0.05, 0.1) is 21.1 Å². The fourth-order valence-electron chi connectivity index (χ4n) is 3.30. The second kappa shape index (κ2) is 6.65. The maximum Gasteiger partial charge on any atom is 0.119 e. The Hall–Kier alpha value is -3.38. The molecule has 0 aliphatic carbocycles. The maximum atomic E-state index is 4.59. The smallest absolute Gasteiger partial charge is 0.119 e. The van der Waals surface area contributed by atoms with E-state index in [0.717, 1.165) is 48.9 Å². The Kier molecular flexibility index (Phi) is 3.98. The van der Waals surface area contributed by atoms with Gasteiger partial charge in [-0.3, -0.25) is 9.67 Å². The number of nitrogens with zero attached hydrogens (tertiary/aromatic N) is 5. The third-order valence-corrected chi connectivity index (χ3v) is 5.87. The fourth-order valence-corrected chi connectivity index (χ4v) is 4.28. The molecule has 0 saturated heterocycles. The molecular weight excluding hydrogens is 366 g/mol.